The van der Waals surface area contributed by atoms with Crippen molar-refractivity contribution >= 4 is 10.0 Å². The van der Waals surface area contributed by atoms with Crippen LogP contribution >= 0.6 is 0 Å². The van der Waals surface area contributed by atoms with Gasteiger partial charge in [-0.15, -0.1) is 0 Å². The first-order valence-electron chi connectivity index (χ1n) is 6.72. The van der Waals surface area contributed by atoms with Crippen molar-refractivity contribution < 1.29 is 8.42 Å². The summed E-state index contributed by atoms with van der Waals surface area (Å²) < 4.78 is 29.1. The molecule has 2 N–H and O–H groups in total. The molecule has 0 bridgehead atoms. The second kappa shape index (κ2) is 6.84. The van der Waals surface area contributed by atoms with Gasteiger partial charge in [-0.05, 0) is 30.7 Å². The van der Waals surface area contributed by atoms with E-state index in [-0.39, 0.29) is 0 Å². The average Bonchev–Trinajstić information content (AvgIpc) is 2.85. The van der Waals surface area contributed by atoms with Crippen molar-refractivity contribution in [2.75, 3.05) is 13.6 Å². The van der Waals surface area contributed by atoms with Crippen LogP contribution in [-0.2, 0) is 30.0 Å². The summed E-state index contributed by atoms with van der Waals surface area (Å²) in [6.07, 6.45) is 4.23. The van der Waals surface area contributed by atoms with Crippen molar-refractivity contribution in [3.05, 3.63) is 47.8 Å². The van der Waals surface area contributed by atoms with Crippen molar-refractivity contribution in [3.63, 3.8) is 0 Å². The molecule has 2 aromatic rings. The summed E-state index contributed by atoms with van der Waals surface area (Å²) in [6, 6.07) is 7.00. The Morgan fingerprint density at radius 2 is 2.05 bits per heavy atom. The van der Waals surface area contributed by atoms with E-state index in [4.69, 9.17) is 0 Å². The molecule has 1 heterocycles. The van der Waals surface area contributed by atoms with Crippen LogP contribution in [0.1, 0.15) is 11.1 Å². The van der Waals surface area contributed by atoms with E-state index in [1.54, 1.807) is 30.1 Å². The maximum atomic E-state index is 12.4. The van der Waals surface area contributed by atoms with Gasteiger partial charge >= 0.3 is 0 Å². The Balaban J connectivity index is 2.04. The molecule has 0 fully saturated rings. The first-order valence-corrected chi connectivity index (χ1v) is 8.21. The zero-order valence-corrected chi connectivity index (χ0v) is 13.0. The Morgan fingerprint density at radius 3 is 2.71 bits per heavy atom. The smallest absolute Gasteiger partial charge is 0.240 e. The van der Waals surface area contributed by atoms with Crippen LogP contribution in [0.3, 0.4) is 0 Å². The first kappa shape index (κ1) is 15.7. The van der Waals surface area contributed by atoms with Gasteiger partial charge in [0.2, 0.25) is 10.0 Å². The van der Waals surface area contributed by atoms with E-state index in [1.807, 2.05) is 25.4 Å². The Morgan fingerprint density at radius 1 is 1.29 bits per heavy atom. The number of sulfonamides is 1. The summed E-state index contributed by atoms with van der Waals surface area (Å²) >= 11 is 0. The van der Waals surface area contributed by atoms with E-state index in [2.05, 4.69) is 15.1 Å². The molecule has 0 saturated heterocycles. The third kappa shape index (κ3) is 4.13. The van der Waals surface area contributed by atoms with E-state index in [0.29, 0.717) is 24.4 Å². The molecule has 0 spiro atoms. The highest BCUT2D eigenvalue weighted by Gasteiger charge is 2.17. The topological polar surface area (TPSA) is 76.0 Å². The lowest BCUT2D eigenvalue weighted by atomic mass is 10.2. The Labute approximate surface area is 125 Å². The van der Waals surface area contributed by atoms with E-state index in [0.717, 1.165) is 11.1 Å². The Hall–Kier alpha value is -1.70. The molecule has 7 heteroatoms. The van der Waals surface area contributed by atoms with Gasteiger partial charge in [-0.25, -0.2) is 13.1 Å². The van der Waals surface area contributed by atoms with Gasteiger partial charge in [0.25, 0.3) is 0 Å². The monoisotopic (exact) mass is 308 g/mol. The van der Waals surface area contributed by atoms with Crippen molar-refractivity contribution in [1.82, 2.24) is 19.8 Å². The molecule has 0 aliphatic heterocycles. The predicted octanol–water partition coefficient (Wildman–Crippen LogP) is 0.660. The molecule has 1 aromatic heterocycles. The molecule has 0 saturated carbocycles. The number of nitrogens with zero attached hydrogens (tertiary/aromatic N) is 2. The Bertz CT molecular complexity index is 695. The van der Waals surface area contributed by atoms with E-state index in [1.165, 1.54) is 0 Å². The molecule has 0 radical (unpaired) electrons. The fourth-order valence-corrected chi connectivity index (χ4v) is 3.38. The van der Waals surface area contributed by atoms with Gasteiger partial charge in [-0.2, -0.15) is 5.10 Å². The van der Waals surface area contributed by atoms with Gasteiger partial charge in [0.15, 0.2) is 0 Å². The van der Waals surface area contributed by atoms with Gasteiger partial charge in [-0.3, -0.25) is 4.68 Å². The van der Waals surface area contributed by atoms with Crippen molar-refractivity contribution in [1.29, 1.82) is 0 Å². The number of aromatic nitrogens is 2. The highest BCUT2D eigenvalue weighted by molar-refractivity contribution is 7.89. The number of aryl methyl sites for hydroxylation is 1. The van der Waals surface area contributed by atoms with Crippen LogP contribution in [0.5, 0.6) is 0 Å². The van der Waals surface area contributed by atoms with Crippen LogP contribution < -0.4 is 10.0 Å². The number of hydrogen-bond donors (Lipinski definition) is 2. The highest BCUT2D eigenvalue weighted by atomic mass is 32.2. The number of rotatable bonds is 7. The summed E-state index contributed by atoms with van der Waals surface area (Å²) in [5.41, 5.74) is 1.76. The van der Waals surface area contributed by atoms with Crippen molar-refractivity contribution in [2.45, 2.75) is 17.9 Å². The summed E-state index contributed by atoms with van der Waals surface area (Å²) in [5, 5.41) is 7.04. The zero-order valence-electron chi connectivity index (χ0n) is 12.2. The van der Waals surface area contributed by atoms with Gasteiger partial charge < -0.3 is 5.32 Å². The second-order valence-corrected chi connectivity index (χ2v) is 6.54. The average molecular weight is 308 g/mol. The van der Waals surface area contributed by atoms with E-state index < -0.39 is 10.0 Å². The molecule has 6 nitrogen and oxygen atoms in total. The second-order valence-electron chi connectivity index (χ2n) is 4.81. The molecular weight excluding hydrogens is 288 g/mol. The molecule has 0 atom stereocenters. The minimum absolute atomic E-state index is 0.325. The lowest BCUT2D eigenvalue weighted by molar-refractivity contribution is 0.579. The van der Waals surface area contributed by atoms with Gasteiger partial charge in [-0.1, -0.05) is 18.2 Å². The van der Waals surface area contributed by atoms with Crippen molar-refractivity contribution in [2.24, 2.45) is 7.05 Å². The number of benzene rings is 1. The molecule has 0 aliphatic carbocycles. The normalized spacial score (nSPS) is 11.7. The predicted molar refractivity (Wildman–Crippen MR) is 81.3 cm³/mol. The summed E-state index contributed by atoms with van der Waals surface area (Å²) in [7, 11) is 0.132. The fraction of sp³-hybridized carbons (Fsp3) is 0.357. The molecule has 0 amide bonds. The lowest BCUT2D eigenvalue weighted by Gasteiger charge is -2.11. The maximum absolute atomic E-state index is 12.4. The summed E-state index contributed by atoms with van der Waals surface area (Å²) in [6.45, 7) is 0.863. The zero-order chi connectivity index (χ0) is 15.3. The molecular formula is C14H20N4O2S. The summed E-state index contributed by atoms with van der Waals surface area (Å²) in [4.78, 5) is 0.325. The molecule has 114 valence electrons. The third-order valence-corrected chi connectivity index (χ3v) is 4.65. The standard InChI is InChI=1S/C14H20N4O2S/c1-15-10-13-5-3-4-6-14(13)21(19,20)17-8-7-12-9-16-18(2)11-12/h3-6,9,11,15,17H,7-8,10H2,1-2H3. The van der Waals surface area contributed by atoms with Crippen LogP contribution in [0.25, 0.3) is 0 Å². The van der Waals surface area contributed by atoms with E-state index in [9.17, 15) is 8.42 Å². The van der Waals surface area contributed by atoms with Crippen LogP contribution in [0.15, 0.2) is 41.6 Å². The number of hydrogen-bond acceptors (Lipinski definition) is 4. The molecule has 1 aromatic carbocycles. The number of nitrogens with one attached hydrogen (secondary N) is 2. The highest BCUT2D eigenvalue weighted by Crippen LogP contribution is 2.15. The fourth-order valence-electron chi connectivity index (χ4n) is 2.11. The molecule has 2 rings (SSSR count). The minimum Gasteiger partial charge on any atom is -0.316 e. The molecule has 0 aliphatic rings. The van der Waals surface area contributed by atoms with E-state index >= 15 is 0 Å². The van der Waals surface area contributed by atoms with Crippen LogP contribution in [0, 0.1) is 0 Å². The van der Waals surface area contributed by atoms with Gasteiger partial charge in [0.05, 0.1) is 11.1 Å². The van der Waals surface area contributed by atoms with Crippen LogP contribution in [-0.4, -0.2) is 31.8 Å². The quantitative estimate of drug-likeness (QED) is 0.788. The van der Waals surface area contributed by atoms with Crippen molar-refractivity contribution in [3.8, 4) is 0 Å². The van der Waals surface area contributed by atoms with Gasteiger partial charge in [0, 0.05) is 26.3 Å². The van der Waals surface area contributed by atoms with Crippen LogP contribution in [0.4, 0.5) is 0 Å². The first-order chi connectivity index (χ1) is 10.0. The van der Waals surface area contributed by atoms with Crippen LogP contribution in [0.2, 0.25) is 0 Å². The Kier molecular flexibility index (Phi) is 5.11. The molecule has 21 heavy (non-hydrogen) atoms. The maximum Gasteiger partial charge on any atom is 0.240 e. The molecule has 0 unspecified atom stereocenters. The SMILES string of the molecule is CNCc1ccccc1S(=O)(=O)NCCc1cnn(C)c1. The largest absolute Gasteiger partial charge is 0.316 e. The lowest BCUT2D eigenvalue weighted by Crippen LogP contribution is -2.27. The van der Waals surface area contributed by atoms with Gasteiger partial charge in [0.1, 0.15) is 0 Å². The summed E-state index contributed by atoms with van der Waals surface area (Å²) in [5.74, 6) is 0. The third-order valence-electron chi connectivity index (χ3n) is 3.09. The minimum atomic E-state index is -3.49.